The summed E-state index contributed by atoms with van der Waals surface area (Å²) >= 11 is 0. The molecule has 0 atom stereocenters. The third-order valence-electron chi connectivity index (χ3n) is 2.40. The molecule has 0 radical (unpaired) electrons. The highest BCUT2D eigenvalue weighted by atomic mass is 35.5. The summed E-state index contributed by atoms with van der Waals surface area (Å²) < 4.78 is 5.65. The molecular weight excluding hydrogens is 210 g/mol. The fourth-order valence-electron chi connectivity index (χ4n) is 1.74. The number of fused-ring (bicyclic) bond motifs is 3. The van der Waals surface area contributed by atoms with E-state index in [2.05, 4.69) is 6.07 Å². The number of rotatable bonds is 0. The van der Waals surface area contributed by atoms with Crippen molar-refractivity contribution in [2.45, 2.75) is 0 Å². The fourth-order valence-corrected chi connectivity index (χ4v) is 1.74. The van der Waals surface area contributed by atoms with E-state index < -0.39 is 0 Å². The van der Waals surface area contributed by atoms with Crippen LogP contribution in [0.1, 0.15) is 0 Å². The molecule has 3 aromatic rings. The topological polar surface area (TPSA) is 39.2 Å². The summed E-state index contributed by atoms with van der Waals surface area (Å²) in [6.07, 6.45) is 0. The molecule has 2 aromatic carbocycles. The number of furan rings is 1. The highest BCUT2D eigenvalue weighted by Crippen LogP contribution is 2.29. The van der Waals surface area contributed by atoms with E-state index in [9.17, 15) is 0 Å². The van der Waals surface area contributed by atoms with Crippen molar-refractivity contribution >= 4 is 40.0 Å². The van der Waals surface area contributed by atoms with Gasteiger partial charge < -0.3 is 10.2 Å². The minimum absolute atomic E-state index is 0. The predicted molar refractivity (Wildman–Crippen MR) is 65.4 cm³/mol. The van der Waals surface area contributed by atoms with E-state index >= 15 is 0 Å². The molecule has 15 heavy (non-hydrogen) atoms. The zero-order valence-corrected chi connectivity index (χ0v) is 8.75. The van der Waals surface area contributed by atoms with Crippen LogP contribution in [0.5, 0.6) is 0 Å². The van der Waals surface area contributed by atoms with Gasteiger partial charge >= 0.3 is 0 Å². The molecular formula is C12H10ClNO. The van der Waals surface area contributed by atoms with Crippen molar-refractivity contribution in [2.24, 2.45) is 0 Å². The van der Waals surface area contributed by atoms with Gasteiger partial charge in [0.1, 0.15) is 11.2 Å². The molecule has 1 heterocycles. The van der Waals surface area contributed by atoms with Gasteiger partial charge in [-0.25, -0.2) is 0 Å². The molecule has 1 aromatic heterocycles. The number of anilines is 1. The highest BCUT2D eigenvalue weighted by Gasteiger charge is 2.04. The zero-order valence-electron chi connectivity index (χ0n) is 7.94. The van der Waals surface area contributed by atoms with Crippen LogP contribution in [-0.4, -0.2) is 0 Å². The van der Waals surface area contributed by atoms with Crippen LogP contribution >= 0.6 is 12.4 Å². The molecule has 0 fully saturated rings. The van der Waals surface area contributed by atoms with Crippen LogP contribution in [0.4, 0.5) is 5.69 Å². The second-order valence-corrected chi connectivity index (χ2v) is 3.35. The van der Waals surface area contributed by atoms with E-state index in [-0.39, 0.29) is 12.4 Å². The largest absolute Gasteiger partial charge is 0.456 e. The van der Waals surface area contributed by atoms with E-state index in [4.69, 9.17) is 10.2 Å². The van der Waals surface area contributed by atoms with Gasteiger partial charge in [-0.15, -0.1) is 12.4 Å². The van der Waals surface area contributed by atoms with Crippen molar-refractivity contribution in [1.82, 2.24) is 0 Å². The van der Waals surface area contributed by atoms with E-state index in [0.717, 1.165) is 27.6 Å². The number of nitrogens with two attached hydrogens (primary N) is 1. The van der Waals surface area contributed by atoms with Crippen LogP contribution in [-0.2, 0) is 0 Å². The van der Waals surface area contributed by atoms with Gasteiger partial charge in [0.15, 0.2) is 0 Å². The monoisotopic (exact) mass is 219 g/mol. The Hall–Kier alpha value is -1.67. The number of nitrogen functional groups attached to an aromatic ring is 1. The second kappa shape index (κ2) is 3.48. The molecule has 2 N–H and O–H groups in total. The molecule has 0 saturated carbocycles. The molecule has 3 heteroatoms. The first-order valence-corrected chi connectivity index (χ1v) is 4.51. The summed E-state index contributed by atoms with van der Waals surface area (Å²) in [5.74, 6) is 0. The van der Waals surface area contributed by atoms with Gasteiger partial charge in [0.25, 0.3) is 0 Å². The maximum atomic E-state index is 5.69. The number of hydrogen-bond acceptors (Lipinski definition) is 2. The average Bonchev–Trinajstić information content (AvgIpc) is 2.54. The van der Waals surface area contributed by atoms with Crippen LogP contribution < -0.4 is 5.73 Å². The fraction of sp³-hybridized carbons (Fsp3) is 0. The van der Waals surface area contributed by atoms with Gasteiger partial charge in [-0.3, -0.25) is 0 Å². The van der Waals surface area contributed by atoms with Crippen LogP contribution in [0, 0.1) is 0 Å². The maximum Gasteiger partial charge on any atom is 0.137 e. The summed E-state index contributed by atoms with van der Waals surface area (Å²) in [7, 11) is 0. The Bertz CT molecular complexity index is 615. The Balaban J connectivity index is 0.000000853. The summed E-state index contributed by atoms with van der Waals surface area (Å²) in [6.45, 7) is 0. The third kappa shape index (κ3) is 1.43. The third-order valence-corrected chi connectivity index (χ3v) is 2.40. The lowest BCUT2D eigenvalue weighted by Crippen LogP contribution is -1.81. The van der Waals surface area contributed by atoms with Crippen LogP contribution in [0.2, 0.25) is 0 Å². The van der Waals surface area contributed by atoms with Gasteiger partial charge in [-0.1, -0.05) is 18.2 Å². The summed E-state index contributed by atoms with van der Waals surface area (Å²) in [5, 5.41) is 2.26. The van der Waals surface area contributed by atoms with E-state index in [1.807, 2.05) is 36.4 Å². The number of hydrogen-bond donors (Lipinski definition) is 1. The quantitative estimate of drug-likeness (QED) is 0.587. The molecule has 0 bridgehead atoms. The van der Waals surface area contributed by atoms with Crippen LogP contribution in [0.25, 0.3) is 21.9 Å². The van der Waals surface area contributed by atoms with E-state index in [1.165, 1.54) is 0 Å². The van der Waals surface area contributed by atoms with Crippen molar-refractivity contribution in [1.29, 1.82) is 0 Å². The van der Waals surface area contributed by atoms with Crippen molar-refractivity contribution in [3.8, 4) is 0 Å². The molecule has 0 unspecified atom stereocenters. The summed E-state index contributed by atoms with van der Waals surface area (Å²) in [5.41, 5.74) is 8.18. The summed E-state index contributed by atoms with van der Waals surface area (Å²) in [4.78, 5) is 0. The Labute approximate surface area is 93.1 Å². The van der Waals surface area contributed by atoms with Gasteiger partial charge in [0, 0.05) is 22.5 Å². The molecule has 0 aliphatic heterocycles. The minimum atomic E-state index is 0. The highest BCUT2D eigenvalue weighted by molar-refractivity contribution is 6.05. The molecule has 0 aliphatic carbocycles. The molecule has 0 amide bonds. The zero-order chi connectivity index (χ0) is 9.54. The normalized spacial score (nSPS) is 10.4. The SMILES string of the molecule is Cl.Nc1ccc2c(c1)oc1ccccc12. The smallest absolute Gasteiger partial charge is 0.137 e. The lowest BCUT2D eigenvalue weighted by molar-refractivity contribution is 0.669. The van der Waals surface area contributed by atoms with Gasteiger partial charge in [-0.05, 0) is 18.2 Å². The van der Waals surface area contributed by atoms with Crippen LogP contribution in [0.15, 0.2) is 46.9 Å². The van der Waals surface area contributed by atoms with Crippen molar-refractivity contribution in [3.05, 3.63) is 42.5 Å². The lowest BCUT2D eigenvalue weighted by atomic mass is 10.1. The first-order valence-electron chi connectivity index (χ1n) is 4.51. The molecule has 76 valence electrons. The van der Waals surface area contributed by atoms with Crippen LogP contribution in [0.3, 0.4) is 0 Å². The Morgan fingerprint density at radius 1 is 0.867 bits per heavy atom. The Morgan fingerprint density at radius 2 is 1.60 bits per heavy atom. The molecule has 2 nitrogen and oxygen atoms in total. The van der Waals surface area contributed by atoms with Gasteiger partial charge in [0.05, 0.1) is 0 Å². The van der Waals surface area contributed by atoms with Crippen molar-refractivity contribution in [2.75, 3.05) is 5.73 Å². The molecule has 0 saturated heterocycles. The van der Waals surface area contributed by atoms with Crippen molar-refractivity contribution < 1.29 is 4.42 Å². The maximum absolute atomic E-state index is 5.69. The second-order valence-electron chi connectivity index (χ2n) is 3.35. The first kappa shape index (κ1) is 9.87. The standard InChI is InChI=1S/C12H9NO.ClH/c13-8-5-6-10-9-3-1-2-4-11(9)14-12(10)7-8;/h1-7H,13H2;1H. The first-order chi connectivity index (χ1) is 6.84. The Morgan fingerprint density at radius 3 is 2.47 bits per heavy atom. The lowest BCUT2D eigenvalue weighted by Gasteiger charge is -1.90. The number of benzene rings is 2. The molecule has 0 spiro atoms. The van der Waals surface area contributed by atoms with E-state index in [1.54, 1.807) is 0 Å². The number of halogens is 1. The molecule has 3 rings (SSSR count). The Kier molecular flexibility index (Phi) is 2.29. The minimum Gasteiger partial charge on any atom is -0.456 e. The molecule has 0 aliphatic rings. The van der Waals surface area contributed by atoms with E-state index in [0.29, 0.717) is 0 Å². The van der Waals surface area contributed by atoms with Gasteiger partial charge in [-0.2, -0.15) is 0 Å². The van der Waals surface area contributed by atoms with Crippen molar-refractivity contribution in [3.63, 3.8) is 0 Å². The van der Waals surface area contributed by atoms with Gasteiger partial charge in [0.2, 0.25) is 0 Å². The predicted octanol–water partition coefficient (Wildman–Crippen LogP) is 3.59. The summed E-state index contributed by atoms with van der Waals surface area (Å²) in [6, 6.07) is 13.7. The number of para-hydroxylation sites is 1. The average molecular weight is 220 g/mol.